The molecule has 1 atom stereocenters. The molecule has 3 nitrogen and oxygen atoms in total. The van der Waals surface area contributed by atoms with Crippen molar-refractivity contribution in [3.05, 3.63) is 60.4 Å². The number of pyridine rings is 1. The highest BCUT2D eigenvalue weighted by atomic mass is 19.3. The molecule has 0 saturated carbocycles. The minimum atomic E-state index is -3.41. The Hall–Kier alpha value is -2.01. The molecule has 1 heterocycles. The summed E-state index contributed by atoms with van der Waals surface area (Å²) in [5, 5.41) is 9.90. The average Bonchev–Trinajstić information content (AvgIpc) is 2.47. The number of benzene rings is 1. The minimum Gasteiger partial charge on any atom is -0.377 e. The van der Waals surface area contributed by atoms with E-state index in [-0.39, 0.29) is 5.56 Å². The summed E-state index contributed by atoms with van der Waals surface area (Å²) in [7, 11) is 3.66. The minimum absolute atomic E-state index is 0.182. The van der Waals surface area contributed by atoms with Gasteiger partial charge in [0.1, 0.15) is 0 Å². The van der Waals surface area contributed by atoms with Crippen LogP contribution >= 0.6 is 0 Å². The molecular formula is C15H17F2N2O+. The molecule has 0 aliphatic carbocycles. The Morgan fingerprint density at radius 2 is 1.60 bits per heavy atom. The van der Waals surface area contributed by atoms with Gasteiger partial charge in [-0.3, -0.25) is 0 Å². The second-order valence-corrected chi connectivity index (χ2v) is 4.76. The van der Waals surface area contributed by atoms with Crippen molar-refractivity contribution in [1.82, 2.24) is 0 Å². The molecule has 2 rings (SSSR count). The van der Waals surface area contributed by atoms with Crippen molar-refractivity contribution in [2.24, 2.45) is 0 Å². The van der Waals surface area contributed by atoms with Crippen LogP contribution in [0.1, 0.15) is 11.7 Å². The largest absolute Gasteiger partial charge is 0.492 e. The van der Waals surface area contributed by atoms with Crippen LogP contribution in [0.4, 0.5) is 14.5 Å². The van der Waals surface area contributed by atoms with Crippen molar-refractivity contribution in [1.29, 1.82) is 0 Å². The van der Waals surface area contributed by atoms with E-state index in [1.54, 1.807) is 30.3 Å². The molecule has 1 aromatic heterocycles. The first-order chi connectivity index (χ1) is 9.43. The van der Waals surface area contributed by atoms with Crippen molar-refractivity contribution in [2.75, 3.05) is 19.0 Å². The van der Waals surface area contributed by atoms with Crippen molar-refractivity contribution in [3.63, 3.8) is 0 Å². The number of rotatable bonds is 4. The average molecular weight is 279 g/mol. The second kappa shape index (κ2) is 5.54. The van der Waals surface area contributed by atoms with Crippen LogP contribution in [0.3, 0.4) is 0 Å². The molecule has 0 fully saturated rings. The fourth-order valence-electron chi connectivity index (χ4n) is 1.89. The first-order valence-electron chi connectivity index (χ1n) is 6.23. The second-order valence-electron chi connectivity index (χ2n) is 4.76. The number of aromatic nitrogens is 1. The fourth-order valence-corrected chi connectivity index (χ4v) is 1.89. The maximum atomic E-state index is 14.3. The lowest BCUT2D eigenvalue weighted by molar-refractivity contribution is -0.833. The van der Waals surface area contributed by atoms with E-state index in [4.69, 9.17) is 0 Å². The molecule has 1 N–H and O–H groups in total. The topological polar surface area (TPSA) is 27.4 Å². The van der Waals surface area contributed by atoms with E-state index >= 15 is 0 Å². The predicted octanol–water partition coefficient (Wildman–Crippen LogP) is 2.32. The fraction of sp³-hybridized carbons (Fsp3) is 0.267. The van der Waals surface area contributed by atoms with Gasteiger partial charge in [-0.05, 0) is 5.56 Å². The van der Waals surface area contributed by atoms with Crippen LogP contribution in [-0.4, -0.2) is 19.2 Å². The van der Waals surface area contributed by atoms with Crippen molar-refractivity contribution in [3.8, 4) is 0 Å². The summed E-state index contributed by atoms with van der Waals surface area (Å²) in [4.78, 5) is 1.82. The Morgan fingerprint density at radius 3 is 2.10 bits per heavy atom. The van der Waals surface area contributed by atoms with E-state index in [0.29, 0.717) is 0 Å². The summed E-state index contributed by atoms with van der Waals surface area (Å²) in [6.07, 6.45) is 0.641. The number of halogens is 2. The van der Waals surface area contributed by atoms with Crippen LogP contribution in [0.5, 0.6) is 0 Å². The molecule has 0 radical (unpaired) electrons. The van der Waals surface area contributed by atoms with E-state index in [2.05, 4.69) is 0 Å². The van der Waals surface area contributed by atoms with E-state index in [0.717, 1.165) is 10.3 Å². The molecule has 0 aliphatic rings. The first-order valence-corrected chi connectivity index (χ1v) is 6.23. The molecule has 0 amide bonds. The number of hydrogen-bond acceptors (Lipinski definition) is 2. The Bertz CT molecular complexity index is 556. The van der Waals surface area contributed by atoms with E-state index in [1.165, 1.54) is 24.5 Å². The van der Waals surface area contributed by atoms with Gasteiger partial charge < -0.3 is 10.0 Å². The van der Waals surface area contributed by atoms with Crippen molar-refractivity contribution >= 4 is 5.69 Å². The highest BCUT2D eigenvalue weighted by Gasteiger charge is 2.49. The maximum Gasteiger partial charge on any atom is 0.492 e. The number of aliphatic hydroxyl groups is 1. The van der Waals surface area contributed by atoms with Gasteiger partial charge in [-0.25, -0.2) is 0 Å². The Balaban J connectivity index is 2.29. The zero-order valence-electron chi connectivity index (χ0n) is 11.4. The van der Waals surface area contributed by atoms with Gasteiger partial charge in [-0.1, -0.05) is 30.3 Å². The van der Waals surface area contributed by atoms with Crippen molar-refractivity contribution in [2.45, 2.75) is 12.2 Å². The maximum absolute atomic E-state index is 14.3. The van der Waals surface area contributed by atoms with Gasteiger partial charge in [0.2, 0.25) is 6.10 Å². The summed E-state index contributed by atoms with van der Waals surface area (Å²) in [5.41, 5.74) is 0.993. The van der Waals surface area contributed by atoms with Crippen LogP contribution < -0.4 is 9.47 Å². The van der Waals surface area contributed by atoms with E-state index < -0.39 is 12.2 Å². The van der Waals surface area contributed by atoms with Gasteiger partial charge in [0.05, 0.1) is 0 Å². The van der Waals surface area contributed by atoms with Gasteiger partial charge >= 0.3 is 6.05 Å². The Labute approximate surface area is 116 Å². The predicted molar refractivity (Wildman–Crippen MR) is 72.6 cm³/mol. The van der Waals surface area contributed by atoms with Gasteiger partial charge in [0, 0.05) is 31.9 Å². The smallest absolute Gasteiger partial charge is 0.377 e. The van der Waals surface area contributed by atoms with Gasteiger partial charge in [-0.2, -0.15) is 0 Å². The zero-order chi connectivity index (χ0) is 14.8. The lowest BCUT2D eigenvalue weighted by atomic mass is 10.1. The Kier molecular flexibility index (Phi) is 3.99. The van der Waals surface area contributed by atoms with Crippen LogP contribution in [0.2, 0.25) is 0 Å². The summed E-state index contributed by atoms with van der Waals surface area (Å²) in [6, 6.07) is 7.65. The lowest BCUT2D eigenvalue weighted by Crippen LogP contribution is -2.53. The lowest BCUT2D eigenvalue weighted by Gasteiger charge is -2.18. The molecule has 2 aromatic rings. The third-order valence-corrected chi connectivity index (χ3v) is 3.12. The molecule has 0 spiro atoms. The van der Waals surface area contributed by atoms with E-state index in [9.17, 15) is 13.9 Å². The Morgan fingerprint density at radius 1 is 1.05 bits per heavy atom. The molecule has 5 heteroatoms. The molecule has 0 aliphatic heterocycles. The van der Waals surface area contributed by atoms with Gasteiger partial charge in [0.25, 0.3) is 0 Å². The number of aliphatic hydroxyl groups excluding tert-OH is 1. The quantitative estimate of drug-likeness (QED) is 0.870. The molecule has 0 bridgehead atoms. The molecule has 0 unspecified atom stereocenters. The SMILES string of the molecule is CN(C)c1cc[n+](C(F)(F)[C@H](O)c2ccccc2)cc1. The zero-order valence-corrected chi connectivity index (χ0v) is 11.4. The standard InChI is InChI=1S/C15H17F2N2O/c1-18(2)13-8-10-19(11-9-13)15(16,17)14(20)12-6-4-3-5-7-12/h3-11,14,20H,1-2H3/q+1/t14-/m1/s1. The molecular weight excluding hydrogens is 262 g/mol. The van der Waals surface area contributed by atoms with Crippen LogP contribution in [0.15, 0.2) is 54.9 Å². The molecule has 106 valence electrons. The van der Waals surface area contributed by atoms with Crippen molar-refractivity contribution < 1.29 is 18.5 Å². The summed E-state index contributed by atoms with van der Waals surface area (Å²) < 4.78 is 29.3. The third kappa shape index (κ3) is 2.77. The monoisotopic (exact) mass is 279 g/mol. The summed E-state index contributed by atoms with van der Waals surface area (Å²) in [6.45, 7) is 0. The molecule has 0 saturated heterocycles. The number of alkyl halides is 2. The highest BCUT2D eigenvalue weighted by Crippen LogP contribution is 2.31. The van der Waals surface area contributed by atoms with Crippen LogP contribution in [0, 0.1) is 0 Å². The van der Waals surface area contributed by atoms with Gasteiger partial charge in [-0.15, -0.1) is 13.3 Å². The number of anilines is 1. The number of hydrogen-bond donors (Lipinski definition) is 1. The summed E-state index contributed by atoms with van der Waals surface area (Å²) >= 11 is 0. The van der Waals surface area contributed by atoms with E-state index in [1.807, 2.05) is 19.0 Å². The normalized spacial score (nSPS) is 13.1. The molecule has 1 aromatic carbocycles. The third-order valence-electron chi connectivity index (χ3n) is 3.12. The van der Waals surface area contributed by atoms with Crippen LogP contribution in [0.25, 0.3) is 0 Å². The highest BCUT2D eigenvalue weighted by molar-refractivity contribution is 5.41. The number of nitrogens with zero attached hydrogens (tertiary/aromatic N) is 2. The van der Waals surface area contributed by atoms with Crippen LogP contribution in [-0.2, 0) is 6.05 Å². The summed E-state index contributed by atoms with van der Waals surface area (Å²) in [5.74, 6) is 0. The van der Waals surface area contributed by atoms with Gasteiger partial charge in [0.15, 0.2) is 12.4 Å². The first kappa shape index (κ1) is 14.4. The molecule has 20 heavy (non-hydrogen) atoms.